The molecule has 0 aliphatic carbocycles. The van der Waals surface area contributed by atoms with Crippen LogP contribution in [0.2, 0.25) is 0 Å². The first kappa shape index (κ1) is 19.2. The summed E-state index contributed by atoms with van der Waals surface area (Å²) in [7, 11) is 1.64. The summed E-state index contributed by atoms with van der Waals surface area (Å²) in [5, 5.41) is 4.27. The monoisotopic (exact) mass is 390 g/mol. The molecule has 2 aromatic heterocycles. The van der Waals surface area contributed by atoms with Crippen LogP contribution in [0.15, 0.2) is 42.6 Å². The van der Waals surface area contributed by atoms with Gasteiger partial charge in [-0.2, -0.15) is 0 Å². The summed E-state index contributed by atoms with van der Waals surface area (Å²) in [6.45, 7) is 5.70. The number of methoxy groups -OCH3 is 1. The van der Waals surface area contributed by atoms with Crippen molar-refractivity contribution in [1.29, 1.82) is 0 Å². The quantitative estimate of drug-likeness (QED) is 0.707. The van der Waals surface area contributed by atoms with Gasteiger partial charge in [0.1, 0.15) is 5.75 Å². The predicted octanol–water partition coefficient (Wildman–Crippen LogP) is 4.56. The third-order valence-electron chi connectivity index (χ3n) is 5.40. The fraction of sp³-hybridized carbons (Fsp3) is 0.348. The van der Waals surface area contributed by atoms with Crippen molar-refractivity contribution >= 4 is 28.3 Å². The minimum absolute atomic E-state index is 0.0162. The number of carbonyl (C=O) groups excluding carboxylic acids is 1. The van der Waals surface area contributed by atoms with Crippen LogP contribution in [-0.4, -0.2) is 41.0 Å². The Morgan fingerprint density at radius 1 is 1.21 bits per heavy atom. The first-order valence-electron chi connectivity index (χ1n) is 10.0. The minimum Gasteiger partial charge on any atom is -0.497 e. The maximum atomic E-state index is 13.4. The number of hydrogen-bond donors (Lipinski definition) is 1. The van der Waals surface area contributed by atoms with Crippen LogP contribution in [0.4, 0.5) is 11.4 Å². The molecule has 1 saturated heterocycles. The van der Waals surface area contributed by atoms with E-state index >= 15 is 0 Å². The Hall–Kier alpha value is -3.15. The average molecular weight is 390 g/mol. The van der Waals surface area contributed by atoms with E-state index in [0.29, 0.717) is 17.1 Å². The Labute approximate surface area is 170 Å². The van der Waals surface area contributed by atoms with Crippen molar-refractivity contribution in [3.8, 4) is 5.75 Å². The molecule has 0 bridgehead atoms. The molecule has 3 heterocycles. The number of anilines is 2. The highest BCUT2D eigenvalue weighted by Crippen LogP contribution is 2.31. The van der Waals surface area contributed by atoms with Crippen molar-refractivity contribution < 1.29 is 9.53 Å². The van der Waals surface area contributed by atoms with Crippen LogP contribution >= 0.6 is 0 Å². The number of hydrogen-bond acceptors (Lipinski definition) is 5. The lowest BCUT2D eigenvalue weighted by Crippen LogP contribution is -2.39. The van der Waals surface area contributed by atoms with Gasteiger partial charge in [-0.15, -0.1) is 0 Å². The lowest BCUT2D eigenvalue weighted by atomic mass is 9.99. The van der Waals surface area contributed by atoms with Crippen LogP contribution in [0, 0.1) is 12.8 Å². The number of nitrogens with zero attached hydrogens (tertiary/aromatic N) is 3. The second-order valence-electron chi connectivity index (χ2n) is 7.72. The van der Waals surface area contributed by atoms with Crippen LogP contribution in [0.5, 0.6) is 5.75 Å². The van der Waals surface area contributed by atoms with Crippen LogP contribution < -0.4 is 10.1 Å². The fourth-order valence-corrected chi connectivity index (χ4v) is 3.83. The SMILES string of the molecule is COc1ccc(Nc2c(C(=O)N3CCC[C@@H](C)C3)cnc3nc(C)ccc23)cc1. The number of nitrogens with one attached hydrogen (secondary N) is 1. The van der Waals surface area contributed by atoms with Gasteiger partial charge in [-0.25, -0.2) is 9.97 Å². The Kier molecular flexibility index (Phi) is 5.34. The number of benzene rings is 1. The van der Waals surface area contributed by atoms with Crippen LogP contribution in [-0.2, 0) is 0 Å². The highest BCUT2D eigenvalue weighted by Gasteiger charge is 2.25. The molecule has 3 aromatic rings. The smallest absolute Gasteiger partial charge is 0.257 e. The van der Waals surface area contributed by atoms with Crippen molar-refractivity contribution in [2.24, 2.45) is 5.92 Å². The molecule has 29 heavy (non-hydrogen) atoms. The summed E-state index contributed by atoms with van der Waals surface area (Å²) in [4.78, 5) is 24.3. The van der Waals surface area contributed by atoms with Gasteiger partial charge in [0.05, 0.1) is 18.4 Å². The second-order valence-corrected chi connectivity index (χ2v) is 7.72. The van der Waals surface area contributed by atoms with E-state index in [2.05, 4.69) is 22.2 Å². The van der Waals surface area contributed by atoms with E-state index in [0.717, 1.165) is 47.7 Å². The molecule has 0 spiro atoms. The van der Waals surface area contributed by atoms with Gasteiger partial charge in [-0.3, -0.25) is 4.79 Å². The minimum atomic E-state index is 0.0162. The summed E-state index contributed by atoms with van der Waals surface area (Å²) in [6, 6.07) is 11.6. The Morgan fingerprint density at radius 2 is 2.00 bits per heavy atom. The molecular weight excluding hydrogens is 364 g/mol. The largest absolute Gasteiger partial charge is 0.497 e. The number of aromatic nitrogens is 2. The van der Waals surface area contributed by atoms with Crippen molar-refractivity contribution in [2.75, 3.05) is 25.5 Å². The summed E-state index contributed by atoms with van der Waals surface area (Å²) < 4.78 is 5.25. The highest BCUT2D eigenvalue weighted by atomic mass is 16.5. The Morgan fingerprint density at radius 3 is 2.72 bits per heavy atom. The average Bonchev–Trinajstić information content (AvgIpc) is 2.74. The fourth-order valence-electron chi connectivity index (χ4n) is 3.83. The van der Waals surface area contributed by atoms with E-state index in [9.17, 15) is 4.79 Å². The first-order chi connectivity index (χ1) is 14.0. The van der Waals surface area contributed by atoms with Gasteiger partial charge in [0.15, 0.2) is 5.65 Å². The van der Waals surface area contributed by atoms with Gasteiger partial charge in [-0.1, -0.05) is 6.92 Å². The number of piperidine rings is 1. The number of ether oxygens (including phenoxy) is 1. The first-order valence-corrected chi connectivity index (χ1v) is 10.0. The van der Waals surface area contributed by atoms with E-state index < -0.39 is 0 Å². The zero-order chi connectivity index (χ0) is 20.4. The van der Waals surface area contributed by atoms with Crippen LogP contribution in [0.25, 0.3) is 11.0 Å². The van der Waals surface area contributed by atoms with E-state index in [-0.39, 0.29) is 5.91 Å². The standard InChI is InChI=1S/C23H26N4O2/c1-15-5-4-12-27(14-15)23(28)20-13-24-22-19(11-6-16(2)25-22)21(20)26-17-7-9-18(29-3)10-8-17/h6-11,13,15H,4-5,12,14H2,1-3H3,(H,24,25,26)/t15-/m1/s1. The molecule has 1 N–H and O–H groups in total. The highest BCUT2D eigenvalue weighted by molar-refractivity contribution is 6.07. The van der Waals surface area contributed by atoms with E-state index in [1.54, 1.807) is 13.3 Å². The zero-order valence-electron chi connectivity index (χ0n) is 17.1. The summed E-state index contributed by atoms with van der Waals surface area (Å²) in [5.41, 5.74) is 3.72. The molecule has 150 valence electrons. The molecule has 1 aliphatic heterocycles. The molecule has 1 aliphatic rings. The molecule has 0 unspecified atom stereocenters. The number of fused-ring (bicyclic) bond motifs is 1. The van der Waals surface area contributed by atoms with Crippen molar-refractivity contribution in [3.63, 3.8) is 0 Å². The number of carbonyl (C=O) groups is 1. The molecule has 1 fully saturated rings. The van der Waals surface area contributed by atoms with E-state index in [4.69, 9.17) is 4.74 Å². The van der Waals surface area contributed by atoms with Gasteiger partial charge in [0.25, 0.3) is 5.91 Å². The predicted molar refractivity (Wildman–Crippen MR) is 115 cm³/mol. The van der Waals surface area contributed by atoms with Crippen molar-refractivity contribution in [3.05, 3.63) is 53.9 Å². The molecule has 6 nitrogen and oxygen atoms in total. The summed E-state index contributed by atoms with van der Waals surface area (Å²) in [6.07, 6.45) is 3.86. The van der Waals surface area contributed by atoms with Gasteiger partial charge in [-0.05, 0) is 62.1 Å². The molecule has 1 atom stereocenters. The zero-order valence-corrected chi connectivity index (χ0v) is 17.1. The molecule has 1 amide bonds. The lowest BCUT2D eigenvalue weighted by molar-refractivity contribution is 0.0684. The van der Waals surface area contributed by atoms with Gasteiger partial charge in [0.2, 0.25) is 0 Å². The third-order valence-corrected chi connectivity index (χ3v) is 5.40. The van der Waals surface area contributed by atoms with Gasteiger partial charge in [0, 0.05) is 36.1 Å². The number of likely N-dealkylation sites (tertiary alicyclic amines) is 1. The number of amides is 1. The Balaban J connectivity index is 1.77. The van der Waals surface area contributed by atoms with Crippen LogP contribution in [0.3, 0.4) is 0 Å². The normalized spacial score (nSPS) is 16.7. The summed E-state index contributed by atoms with van der Waals surface area (Å²) in [5.74, 6) is 1.32. The van der Waals surface area contributed by atoms with Crippen molar-refractivity contribution in [2.45, 2.75) is 26.7 Å². The molecular formula is C23H26N4O2. The van der Waals surface area contributed by atoms with Crippen molar-refractivity contribution in [1.82, 2.24) is 14.9 Å². The maximum Gasteiger partial charge on any atom is 0.257 e. The maximum absolute atomic E-state index is 13.4. The molecule has 1 aromatic carbocycles. The lowest BCUT2D eigenvalue weighted by Gasteiger charge is -2.31. The number of pyridine rings is 2. The van der Waals surface area contributed by atoms with Crippen LogP contribution in [0.1, 0.15) is 35.8 Å². The molecule has 6 heteroatoms. The topological polar surface area (TPSA) is 67.3 Å². The van der Waals surface area contributed by atoms with E-state index in [1.165, 1.54) is 6.42 Å². The number of aryl methyl sites for hydroxylation is 1. The second kappa shape index (κ2) is 8.07. The summed E-state index contributed by atoms with van der Waals surface area (Å²) >= 11 is 0. The third kappa shape index (κ3) is 4.01. The van der Waals surface area contributed by atoms with Gasteiger partial charge >= 0.3 is 0 Å². The molecule has 0 radical (unpaired) electrons. The van der Waals surface area contributed by atoms with E-state index in [1.807, 2.05) is 48.2 Å². The molecule has 0 saturated carbocycles. The molecule has 4 rings (SSSR count). The number of rotatable bonds is 4. The van der Waals surface area contributed by atoms with Gasteiger partial charge < -0.3 is 15.0 Å². The Bertz CT molecular complexity index is 1030.